The van der Waals surface area contributed by atoms with Crippen molar-refractivity contribution >= 4 is 16.8 Å². The number of aryl methyl sites for hydroxylation is 1. The Kier molecular flexibility index (Phi) is 7.70. The van der Waals surface area contributed by atoms with Crippen LogP contribution in [-0.2, 0) is 16.0 Å². The lowest BCUT2D eigenvalue weighted by molar-refractivity contribution is -0.122. The molecule has 4 N–H and O–H groups in total. The fourth-order valence-corrected chi connectivity index (χ4v) is 3.31. The van der Waals surface area contributed by atoms with Gasteiger partial charge >= 0.3 is 0 Å². The normalized spacial score (nSPS) is 12.9. The van der Waals surface area contributed by atoms with E-state index in [1.54, 1.807) is 7.11 Å². The minimum Gasteiger partial charge on any atom is -0.454 e. The summed E-state index contributed by atoms with van der Waals surface area (Å²) in [6, 6.07) is 15.2. The van der Waals surface area contributed by atoms with Gasteiger partial charge in [-0.1, -0.05) is 30.3 Å². The summed E-state index contributed by atoms with van der Waals surface area (Å²) in [5, 5.41) is 3.98. The van der Waals surface area contributed by atoms with Crippen molar-refractivity contribution in [1.29, 1.82) is 0 Å². The SMILES string of the molecule is COCCCNC(=O)[C@@H](N)Cc1c(C)[nH]c2ccccc12.c1ccc2c(c1)OCO2. The number of ether oxygens (including phenoxy) is 3. The Balaban J connectivity index is 0.000000234. The van der Waals surface area contributed by atoms with E-state index in [1.807, 2.05) is 49.4 Å². The molecule has 7 nitrogen and oxygen atoms in total. The van der Waals surface area contributed by atoms with Crippen LogP contribution >= 0.6 is 0 Å². The summed E-state index contributed by atoms with van der Waals surface area (Å²) in [7, 11) is 1.65. The van der Waals surface area contributed by atoms with Crippen molar-refractivity contribution in [2.75, 3.05) is 27.1 Å². The van der Waals surface area contributed by atoms with Gasteiger partial charge in [-0.15, -0.1) is 0 Å². The number of H-pyrrole nitrogens is 1. The van der Waals surface area contributed by atoms with Crippen LogP contribution in [0.4, 0.5) is 0 Å². The Hall–Kier alpha value is -3.03. The zero-order valence-corrected chi connectivity index (χ0v) is 17.4. The van der Waals surface area contributed by atoms with Gasteiger partial charge in [0, 0.05) is 36.9 Å². The maximum Gasteiger partial charge on any atom is 0.237 e. The van der Waals surface area contributed by atoms with E-state index in [0.717, 1.165) is 40.1 Å². The Morgan fingerprint density at radius 2 is 1.83 bits per heavy atom. The number of nitrogens with two attached hydrogens (primary N) is 1. The third-order valence-corrected chi connectivity index (χ3v) is 4.89. The number of carbonyl (C=O) groups is 1. The number of rotatable bonds is 7. The van der Waals surface area contributed by atoms with Crippen LogP contribution in [0.25, 0.3) is 10.9 Å². The summed E-state index contributed by atoms with van der Waals surface area (Å²) in [6.07, 6.45) is 1.33. The molecule has 0 saturated heterocycles. The number of aromatic nitrogens is 1. The highest BCUT2D eigenvalue weighted by atomic mass is 16.7. The van der Waals surface area contributed by atoms with Crippen molar-refractivity contribution in [1.82, 2.24) is 10.3 Å². The Bertz CT molecular complexity index is 947. The molecule has 160 valence electrons. The molecular formula is C23H29N3O4. The zero-order chi connectivity index (χ0) is 21.3. The van der Waals surface area contributed by atoms with Crippen molar-refractivity contribution in [3.05, 3.63) is 59.8 Å². The van der Waals surface area contributed by atoms with E-state index in [1.165, 1.54) is 0 Å². The molecule has 2 heterocycles. The fourth-order valence-electron chi connectivity index (χ4n) is 3.31. The smallest absolute Gasteiger partial charge is 0.237 e. The lowest BCUT2D eigenvalue weighted by Crippen LogP contribution is -2.42. The van der Waals surface area contributed by atoms with E-state index in [2.05, 4.69) is 16.4 Å². The van der Waals surface area contributed by atoms with Crippen LogP contribution in [0.1, 0.15) is 17.7 Å². The molecule has 3 aromatic rings. The second-order valence-electron chi connectivity index (χ2n) is 7.08. The number of benzene rings is 2. The van der Waals surface area contributed by atoms with Crippen molar-refractivity contribution < 1.29 is 19.0 Å². The minimum atomic E-state index is -0.537. The second-order valence-corrected chi connectivity index (χ2v) is 7.08. The van der Waals surface area contributed by atoms with Gasteiger partial charge in [-0.25, -0.2) is 0 Å². The summed E-state index contributed by atoms with van der Waals surface area (Å²) >= 11 is 0. The number of nitrogens with one attached hydrogen (secondary N) is 2. The van der Waals surface area contributed by atoms with Gasteiger partial charge in [-0.2, -0.15) is 0 Å². The molecule has 7 heteroatoms. The molecule has 0 spiro atoms. The highest BCUT2D eigenvalue weighted by molar-refractivity contribution is 5.87. The first-order valence-electron chi connectivity index (χ1n) is 10.0. The number of methoxy groups -OCH3 is 1. The molecule has 0 saturated carbocycles. The van der Waals surface area contributed by atoms with E-state index < -0.39 is 6.04 Å². The number of amides is 1. The van der Waals surface area contributed by atoms with Gasteiger partial charge in [0.05, 0.1) is 6.04 Å². The first kappa shape index (κ1) is 21.7. The van der Waals surface area contributed by atoms with Crippen LogP contribution in [0.5, 0.6) is 11.5 Å². The maximum absolute atomic E-state index is 12.0. The van der Waals surface area contributed by atoms with E-state index in [9.17, 15) is 4.79 Å². The number of aromatic amines is 1. The number of hydrogen-bond donors (Lipinski definition) is 3. The molecule has 30 heavy (non-hydrogen) atoms. The summed E-state index contributed by atoms with van der Waals surface area (Å²) in [6.45, 7) is 3.60. The van der Waals surface area contributed by atoms with Crippen molar-refractivity contribution in [3.8, 4) is 11.5 Å². The predicted octanol–water partition coefficient (Wildman–Crippen LogP) is 2.91. The zero-order valence-electron chi connectivity index (χ0n) is 17.4. The van der Waals surface area contributed by atoms with E-state index >= 15 is 0 Å². The number of hydrogen-bond acceptors (Lipinski definition) is 5. The average Bonchev–Trinajstić information content (AvgIpc) is 3.36. The molecule has 0 fully saturated rings. The number of carbonyl (C=O) groups excluding carboxylic acids is 1. The van der Waals surface area contributed by atoms with Crippen LogP contribution in [0.2, 0.25) is 0 Å². The molecule has 1 aromatic heterocycles. The molecule has 0 aliphatic carbocycles. The highest BCUT2D eigenvalue weighted by Crippen LogP contribution is 2.30. The van der Waals surface area contributed by atoms with Crippen LogP contribution in [0.15, 0.2) is 48.5 Å². The first-order valence-corrected chi connectivity index (χ1v) is 10.0. The fraction of sp³-hybridized carbons (Fsp3) is 0.348. The molecule has 1 amide bonds. The summed E-state index contributed by atoms with van der Waals surface area (Å²) in [4.78, 5) is 15.3. The first-order chi connectivity index (χ1) is 14.6. The summed E-state index contributed by atoms with van der Waals surface area (Å²) in [5.74, 6) is 1.57. The molecule has 0 unspecified atom stereocenters. The largest absolute Gasteiger partial charge is 0.454 e. The summed E-state index contributed by atoms with van der Waals surface area (Å²) in [5.41, 5.74) is 9.29. The van der Waals surface area contributed by atoms with E-state index in [0.29, 0.717) is 26.4 Å². The van der Waals surface area contributed by atoms with Gasteiger partial charge in [0.2, 0.25) is 12.7 Å². The van der Waals surface area contributed by atoms with Crippen LogP contribution < -0.4 is 20.5 Å². The van der Waals surface area contributed by atoms with Gasteiger partial charge in [0.1, 0.15) is 0 Å². The molecular weight excluding hydrogens is 382 g/mol. The van der Waals surface area contributed by atoms with E-state index in [-0.39, 0.29) is 5.91 Å². The third-order valence-electron chi connectivity index (χ3n) is 4.89. The minimum absolute atomic E-state index is 0.115. The molecule has 1 atom stereocenters. The molecule has 2 aromatic carbocycles. The maximum atomic E-state index is 12.0. The van der Waals surface area contributed by atoms with Gasteiger partial charge in [0.15, 0.2) is 11.5 Å². The van der Waals surface area contributed by atoms with Crippen LogP contribution in [-0.4, -0.2) is 44.0 Å². The Morgan fingerprint density at radius 3 is 2.53 bits per heavy atom. The lowest BCUT2D eigenvalue weighted by atomic mass is 10.0. The molecule has 4 rings (SSSR count). The van der Waals surface area contributed by atoms with Crippen molar-refractivity contribution in [2.24, 2.45) is 5.73 Å². The average molecular weight is 412 g/mol. The topological polar surface area (TPSA) is 98.6 Å². The predicted molar refractivity (Wildman–Crippen MR) is 117 cm³/mol. The molecule has 0 bridgehead atoms. The second kappa shape index (κ2) is 10.7. The van der Waals surface area contributed by atoms with Gasteiger partial charge < -0.3 is 30.2 Å². The standard InChI is InChI=1S/C16H23N3O2.C7H6O2/c1-11-13(12-6-3-4-7-15(12)19-11)10-14(17)16(20)18-8-5-9-21-2;1-2-4-7-6(3-1)8-5-9-7/h3-4,6-7,14,19H,5,8-10,17H2,1-2H3,(H,18,20);1-4H,5H2/t14-;/m0./s1. The highest BCUT2D eigenvalue weighted by Gasteiger charge is 2.17. The van der Waals surface area contributed by atoms with Gasteiger partial charge in [-0.05, 0) is 43.5 Å². The van der Waals surface area contributed by atoms with Gasteiger partial charge in [-0.3, -0.25) is 4.79 Å². The third kappa shape index (κ3) is 5.52. The lowest BCUT2D eigenvalue weighted by Gasteiger charge is -2.12. The van der Waals surface area contributed by atoms with E-state index in [4.69, 9.17) is 19.9 Å². The Morgan fingerprint density at radius 1 is 1.17 bits per heavy atom. The number of fused-ring (bicyclic) bond motifs is 2. The molecule has 0 radical (unpaired) electrons. The van der Waals surface area contributed by atoms with Crippen LogP contribution in [0.3, 0.4) is 0 Å². The number of para-hydroxylation sites is 3. The van der Waals surface area contributed by atoms with Gasteiger partial charge in [0.25, 0.3) is 0 Å². The van der Waals surface area contributed by atoms with Crippen molar-refractivity contribution in [3.63, 3.8) is 0 Å². The quantitative estimate of drug-likeness (QED) is 0.519. The molecule has 1 aliphatic heterocycles. The molecule has 1 aliphatic rings. The monoisotopic (exact) mass is 411 g/mol. The Labute approximate surface area is 176 Å². The van der Waals surface area contributed by atoms with Crippen molar-refractivity contribution in [2.45, 2.75) is 25.8 Å². The summed E-state index contributed by atoms with van der Waals surface area (Å²) < 4.78 is 15.1. The van der Waals surface area contributed by atoms with Crippen LogP contribution in [0, 0.1) is 6.92 Å².